The zero-order valence-electron chi connectivity index (χ0n) is 14.5. The topological polar surface area (TPSA) is 131 Å². The lowest BCUT2D eigenvalue weighted by atomic mass is 10.1. The molecule has 0 saturated heterocycles. The number of aliphatic carboxylic acids is 1. The minimum Gasteiger partial charge on any atom is -0.497 e. The molecule has 138 valence electrons. The smallest absolute Gasteiger partial charge is 0.325 e. The van der Waals surface area contributed by atoms with Gasteiger partial charge in [0.2, 0.25) is 5.91 Å². The molecule has 0 radical (unpaired) electrons. The predicted molar refractivity (Wildman–Crippen MR) is 92.4 cm³/mol. The molecule has 0 heterocycles. The van der Waals surface area contributed by atoms with E-state index in [1.807, 2.05) is 0 Å². The van der Waals surface area contributed by atoms with Crippen molar-refractivity contribution in [1.29, 1.82) is 0 Å². The van der Waals surface area contributed by atoms with Gasteiger partial charge >= 0.3 is 5.97 Å². The molecule has 5 N–H and O–H groups in total. The molecule has 0 unspecified atom stereocenters. The summed E-state index contributed by atoms with van der Waals surface area (Å²) in [5, 5.41) is 13.8. The van der Waals surface area contributed by atoms with Gasteiger partial charge in [-0.05, 0) is 50.5 Å². The number of hydrogen-bond acceptors (Lipinski definition) is 5. The van der Waals surface area contributed by atoms with Crippen molar-refractivity contribution in [2.45, 2.75) is 38.3 Å². The number of benzene rings is 1. The van der Waals surface area contributed by atoms with Gasteiger partial charge in [0.25, 0.3) is 5.91 Å². The van der Waals surface area contributed by atoms with Crippen molar-refractivity contribution in [2.24, 2.45) is 5.73 Å². The molecule has 0 aliphatic heterocycles. The minimum atomic E-state index is -1.11. The van der Waals surface area contributed by atoms with Gasteiger partial charge in [-0.2, -0.15) is 0 Å². The summed E-state index contributed by atoms with van der Waals surface area (Å²) in [7, 11) is 1.56. The summed E-state index contributed by atoms with van der Waals surface area (Å²) in [6, 6.07) is 5.05. The first-order valence-corrected chi connectivity index (χ1v) is 8.06. The maximum atomic E-state index is 11.9. The summed E-state index contributed by atoms with van der Waals surface area (Å²) in [4.78, 5) is 34.3. The number of carboxylic acid groups (broad SMARTS) is 1. The Morgan fingerprint density at radius 3 is 2.40 bits per heavy atom. The fourth-order valence-electron chi connectivity index (χ4n) is 2.05. The Morgan fingerprint density at radius 1 is 1.20 bits per heavy atom. The fourth-order valence-corrected chi connectivity index (χ4v) is 2.05. The van der Waals surface area contributed by atoms with Crippen LogP contribution in [0.2, 0.25) is 0 Å². The normalized spacial score (nSPS) is 12.8. The number of unbranched alkanes of at least 4 members (excludes halogenated alkanes) is 1. The van der Waals surface area contributed by atoms with E-state index in [1.54, 1.807) is 31.4 Å². The number of nitrogens with one attached hydrogen (secondary N) is 2. The quantitative estimate of drug-likeness (QED) is 0.454. The molecule has 0 saturated carbocycles. The highest BCUT2D eigenvalue weighted by Gasteiger charge is 2.18. The van der Waals surface area contributed by atoms with Crippen molar-refractivity contribution in [3.8, 4) is 5.75 Å². The average molecular weight is 351 g/mol. The van der Waals surface area contributed by atoms with Crippen LogP contribution in [0.4, 0.5) is 0 Å². The van der Waals surface area contributed by atoms with E-state index < -0.39 is 24.0 Å². The second-order valence-electron chi connectivity index (χ2n) is 5.66. The number of rotatable bonds is 10. The van der Waals surface area contributed by atoms with E-state index >= 15 is 0 Å². The van der Waals surface area contributed by atoms with E-state index in [0.29, 0.717) is 37.1 Å². The van der Waals surface area contributed by atoms with E-state index in [2.05, 4.69) is 10.6 Å². The Balaban J connectivity index is 2.23. The van der Waals surface area contributed by atoms with Gasteiger partial charge < -0.3 is 26.2 Å². The summed E-state index contributed by atoms with van der Waals surface area (Å²) in [5.41, 5.74) is 6.26. The number of hydrogen-bond donors (Lipinski definition) is 4. The van der Waals surface area contributed by atoms with Crippen LogP contribution in [0.5, 0.6) is 5.75 Å². The molecule has 8 nitrogen and oxygen atoms in total. The molecule has 1 aromatic rings. The van der Waals surface area contributed by atoms with E-state index in [9.17, 15) is 14.4 Å². The van der Waals surface area contributed by atoms with Crippen LogP contribution in [0.25, 0.3) is 0 Å². The average Bonchev–Trinajstić information content (AvgIpc) is 2.60. The van der Waals surface area contributed by atoms with E-state index in [4.69, 9.17) is 15.6 Å². The zero-order valence-corrected chi connectivity index (χ0v) is 14.5. The van der Waals surface area contributed by atoms with E-state index in [0.717, 1.165) is 0 Å². The molecule has 0 aromatic heterocycles. The lowest BCUT2D eigenvalue weighted by Gasteiger charge is -2.14. The molecule has 8 heteroatoms. The maximum absolute atomic E-state index is 11.9. The Hall–Kier alpha value is -2.61. The third kappa shape index (κ3) is 7.21. The molecule has 0 spiro atoms. The first-order valence-electron chi connectivity index (χ1n) is 8.06. The number of methoxy groups -OCH3 is 1. The zero-order chi connectivity index (χ0) is 18.8. The number of carbonyl (C=O) groups excluding carboxylic acids is 2. The lowest BCUT2D eigenvalue weighted by Crippen LogP contribution is -2.47. The molecule has 0 bridgehead atoms. The highest BCUT2D eigenvalue weighted by Crippen LogP contribution is 2.11. The van der Waals surface area contributed by atoms with Crippen LogP contribution in [0, 0.1) is 0 Å². The maximum Gasteiger partial charge on any atom is 0.325 e. The number of amides is 2. The monoisotopic (exact) mass is 351 g/mol. The number of nitrogens with two attached hydrogens (primary N) is 1. The van der Waals surface area contributed by atoms with Gasteiger partial charge in [-0.3, -0.25) is 14.4 Å². The Kier molecular flexibility index (Phi) is 8.42. The van der Waals surface area contributed by atoms with Crippen LogP contribution in [0.15, 0.2) is 24.3 Å². The van der Waals surface area contributed by atoms with E-state index in [1.165, 1.54) is 6.92 Å². The van der Waals surface area contributed by atoms with Crippen molar-refractivity contribution in [3.63, 3.8) is 0 Å². The van der Waals surface area contributed by atoms with Crippen LogP contribution < -0.4 is 21.1 Å². The summed E-state index contributed by atoms with van der Waals surface area (Å²) in [6.07, 6.45) is 1.72. The van der Waals surface area contributed by atoms with Gasteiger partial charge in [-0.1, -0.05) is 0 Å². The highest BCUT2D eigenvalue weighted by molar-refractivity contribution is 5.94. The Bertz CT molecular complexity index is 588. The van der Waals surface area contributed by atoms with Crippen molar-refractivity contribution in [3.05, 3.63) is 29.8 Å². The largest absolute Gasteiger partial charge is 0.497 e. The second kappa shape index (κ2) is 10.3. The third-order valence-electron chi connectivity index (χ3n) is 3.65. The second-order valence-corrected chi connectivity index (χ2v) is 5.66. The van der Waals surface area contributed by atoms with Gasteiger partial charge in [0.1, 0.15) is 11.8 Å². The first-order chi connectivity index (χ1) is 11.8. The fraction of sp³-hybridized carbons (Fsp3) is 0.471. The predicted octanol–water partition coefficient (Wildman–Crippen LogP) is 0.512. The molecule has 2 amide bonds. The van der Waals surface area contributed by atoms with Crippen molar-refractivity contribution >= 4 is 17.8 Å². The number of carbonyl (C=O) groups is 3. The molecule has 0 aliphatic rings. The number of ether oxygens (including phenoxy) is 1. The standard InChI is InChI=1S/C17H25N3O5/c1-11(17(23)24)20-16(22)14(18)5-3-4-10-19-15(21)12-6-8-13(25-2)9-7-12/h6-9,11,14H,3-5,10,18H2,1-2H3,(H,19,21)(H,20,22)(H,23,24)/t11-,14+/m0/s1. The Labute approximate surface area is 146 Å². The first kappa shape index (κ1) is 20.4. The SMILES string of the molecule is COc1ccc(C(=O)NCCCC[C@@H](N)C(=O)N[C@@H](C)C(=O)O)cc1. The number of carboxylic acids is 1. The van der Waals surface area contributed by atoms with Crippen LogP contribution in [-0.2, 0) is 9.59 Å². The molecule has 1 aromatic carbocycles. The summed E-state index contributed by atoms with van der Waals surface area (Å²) in [5.74, 6) is -1.10. The van der Waals surface area contributed by atoms with Crippen LogP contribution in [0.3, 0.4) is 0 Å². The molecule has 25 heavy (non-hydrogen) atoms. The van der Waals surface area contributed by atoms with E-state index in [-0.39, 0.29) is 5.91 Å². The van der Waals surface area contributed by atoms with Crippen LogP contribution in [-0.4, -0.2) is 48.6 Å². The lowest BCUT2D eigenvalue weighted by molar-refractivity contribution is -0.141. The molecule has 0 fully saturated rings. The summed E-state index contributed by atoms with van der Waals surface area (Å²) >= 11 is 0. The summed E-state index contributed by atoms with van der Waals surface area (Å²) < 4.78 is 5.03. The molecule has 1 rings (SSSR count). The molecule has 0 aliphatic carbocycles. The third-order valence-corrected chi connectivity index (χ3v) is 3.65. The molecular formula is C17H25N3O5. The van der Waals surface area contributed by atoms with Crippen molar-refractivity contribution < 1.29 is 24.2 Å². The van der Waals surface area contributed by atoms with Crippen molar-refractivity contribution in [2.75, 3.05) is 13.7 Å². The molecular weight excluding hydrogens is 326 g/mol. The van der Waals surface area contributed by atoms with Gasteiger partial charge in [-0.25, -0.2) is 0 Å². The van der Waals surface area contributed by atoms with Crippen LogP contribution in [0.1, 0.15) is 36.5 Å². The summed E-state index contributed by atoms with van der Waals surface area (Å²) in [6.45, 7) is 1.84. The minimum absolute atomic E-state index is 0.181. The molecule has 2 atom stereocenters. The van der Waals surface area contributed by atoms with Gasteiger partial charge in [0.15, 0.2) is 0 Å². The highest BCUT2D eigenvalue weighted by atomic mass is 16.5. The van der Waals surface area contributed by atoms with Crippen LogP contribution >= 0.6 is 0 Å². The van der Waals surface area contributed by atoms with Gasteiger partial charge in [0.05, 0.1) is 13.2 Å². The van der Waals surface area contributed by atoms with Gasteiger partial charge in [0, 0.05) is 12.1 Å². The Morgan fingerprint density at radius 2 is 1.84 bits per heavy atom. The van der Waals surface area contributed by atoms with Gasteiger partial charge in [-0.15, -0.1) is 0 Å². The van der Waals surface area contributed by atoms with Crippen molar-refractivity contribution in [1.82, 2.24) is 10.6 Å².